The number of phenolic OH excluding ortho intramolecular Hbond substituents is 1. The molecule has 0 bridgehead atoms. The van der Waals surface area contributed by atoms with E-state index in [1.165, 1.54) is 5.69 Å². The second kappa shape index (κ2) is 7.40. The van der Waals surface area contributed by atoms with Crippen LogP contribution >= 0.6 is 0 Å². The third-order valence-electron chi connectivity index (χ3n) is 4.95. The van der Waals surface area contributed by atoms with E-state index in [4.69, 9.17) is 0 Å². The molecule has 3 aromatic rings. The molecular weight excluding hydrogens is 338 g/mol. The average Bonchev–Trinajstić information content (AvgIpc) is 2.69. The number of fused-ring (bicyclic) bond motifs is 1. The van der Waals surface area contributed by atoms with Crippen LogP contribution in [0.25, 0.3) is 10.9 Å². The third kappa shape index (κ3) is 3.66. The Morgan fingerprint density at radius 3 is 2.52 bits per heavy atom. The summed E-state index contributed by atoms with van der Waals surface area (Å²) in [4.78, 5) is 11.5. The standard InChI is InChI=1S/C21H25N5O/c1-14(2)19-18(27)8-3-15-13-23-21(25-20(15)19)24-16-4-6-17(7-5-16)26-11-9-22-10-12-26/h3-8,13-14,22,27H,9-12H2,1-2H3,(H,23,24,25). The Kier molecular flexibility index (Phi) is 4.81. The van der Waals surface area contributed by atoms with Crippen LogP contribution in [0, 0.1) is 0 Å². The molecule has 6 nitrogen and oxygen atoms in total. The highest BCUT2D eigenvalue weighted by Crippen LogP contribution is 2.32. The predicted octanol–water partition coefficient (Wildman–Crippen LogP) is 3.61. The monoisotopic (exact) mass is 363 g/mol. The van der Waals surface area contributed by atoms with Gasteiger partial charge in [0.1, 0.15) is 5.75 Å². The number of benzene rings is 2. The number of nitrogens with one attached hydrogen (secondary N) is 2. The molecule has 0 radical (unpaired) electrons. The van der Waals surface area contributed by atoms with Gasteiger partial charge < -0.3 is 20.6 Å². The van der Waals surface area contributed by atoms with Crippen LogP contribution in [0.3, 0.4) is 0 Å². The molecule has 1 saturated heterocycles. The summed E-state index contributed by atoms with van der Waals surface area (Å²) in [7, 11) is 0. The van der Waals surface area contributed by atoms with Crippen LogP contribution in [0.5, 0.6) is 5.75 Å². The highest BCUT2D eigenvalue weighted by molar-refractivity contribution is 5.85. The lowest BCUT2D eigenvalue weighted by molar-refractivity contribution is 0.466. The molecule has 2 aromatic carbocycles. The van der Waals surface area contributed by atoms with Crippen molar-refractivity contribution in [3.05, 3.63) is 48.2 Å². The Bertz CT molecular complexity index is 933. The van der Waals surface area contributed by atoms with Crippen molar-refractivity contribution in [2.24, 2.45) is 0 Å². The van der Waals surface area contributed by atoms with Gasteiger partial charge in [0.2, 0.25) is 5.95 Å². The first-order valence-electron chi connectivity index (χ1n) is 9.43. The van der Waals surface area contributed by atoms with Gasteiger partial charge in [0.05, 0.1) is 5.52 Å². The summed E-state index contributed by atoms with van der Waals surface area (Å²) in [5.41, 5.74) is 3.82. The smallest absolute Gasteiger partial charge is 0.227 e. The maximum Gasteiger partial charge on any atom is 0.227 e. The van der Waals surface area contributed by atoms with E-state index in [9.17, 15) is 5.11 Å². The van der Waals surface area contributed by atoms with Gasteiger partial charge in [-0.1, -0.05) is 13.8 Å². The number of aromatic hydroxyl groups is 1. The van der Waals surface area contributed by atoms with Crippen LogP contribution in [0.1, 0.15) is 25.3 Å². The van der Waals surface area contributed by atoms with Crippen molar-refractivity contribution in [2.45, 2.75) is 19.8 Å². The Labute approximate surface area is 159 Å². The minimum atomic E-state index is 0.176. The van der Waals surface area contributed by atoms with E-state index in [0.717, 1.165) is 48.3 Å². The maximum absolute atomic E-state index is 10.2. The minimum absolute atomic E-state index is 0.176. The molecule has 4 rings (SSSR count). The van der Waals surface area contributed by atoms with Crippen molar-refractivity contribution < 1.29 is 5.11 Å². The van der Waals surface area contributed by atoms with E-state index >= 15 is 0 Å². The highest BCUT2D eigenvalue weighted by atomic mass is 16.3. The Morgan fingerprint density at radius 1 is 1.07 bits per heavy atom. The molecule has 0 atom stereocenters. The maximum atomic E-state index is 10.2. The number of hydrogen-bond acceptors (Lipinski definition) is 6. The number of nitrogens with zero attached hydrogens (tertiary/aromatic N) is 3. The molecule has 0 saturated carbocycles. The lowest BCUT2D eigenvalue weighted by Crippen LogP contribution is -2.43. The van der Waals surface area contributed by atoms with Gasteiger partial charge in [0.25, 0.3) is 0 Å². The van der Waals surface area contributed by atoms with E-state index in [0.29, 0.717) is 5.95 Å². The van der Waals surface area contributed by atoms with Gasteiger partial charge in [-0.2, -0.15) is 0 Å². The molecule has 3 N–H and O–H groups in total. The summed E-state index contributed by atoms with van der Waals surface area (Å²) in [5, 5.41) is 17.8. The lowest BCUT2D eigenvalue weighted by atomic mass is 9.99. The van der Waals surface area contributed by atoms with E-state index in [1.54, 1.807) is 12.3 Å². The molecule has 140 valence electrons. The fourth-order valence-corrected chi connectivity index (χ4v) is 3.55. The fourth-order valence-electron chi connectivity index (χ4n) is 3.55. The van der Waals surface area contributed by atoms with Gasteiger partial charge in [-0.25, -0.2) is 9.97 Å². The molecule has 1 fully saturated rings. The van der Waals surface area contributed by atoms with Crippen LogP contribution in [-0.4, -0.2) is 41.3 Å². The number of piperazine rings is 1. The van der Waals surface area contributed by atoms with Crippen molar-refractivity contribution in [3.63, 3.8) is 0 Å². The molecule has 1 aliphatic heterocycles. The number of anilines is 3. The SMILES string of the molecule is CC(C)c1c(O)ccc2cnc(Nc3ccc(N4CCNCC4)cc3)nc12. The molecule has 0 aliphatic carbocycles. The number of rotatable bonds is 4. The molecular formula is C21H25N5O. The number of phenols is 1. The van der Waals surface area contributed by atoms with Crippen molar-refractivity contribution in [2.75, 3.05) is 36.4 Å². The van der Waals surface area contributed by atoms with Crippen LogP contribution in [0.4, 0.5) is 17.3 Å². The summed E-state index contributed by atoms with van der Waals surface area (Å²) < 4.78 is 0. The molecule has 0 spiro atoms. The number of hydrogen-bond donors (Lipinski definition) is 3. The first-order chi connectivity index (χ1) is 13.1. The van der Waals surface area contributed by atoms with Gasteiger partial charge in [0, 0.05) is 54.7 Å². The molecule has 6 heteroatoms. The minimum Gasteiger partial charge on any atom is -0.508 e. The summed E-state index contributed by atoms with van der Waals surface area (Å²) >= 11 is 0. The largest absolute Gasteiger partial charge is 0.508 e. The fraction of sp³-hybridized carbons (Fsp3) is 0.333. The topological polar surface area (TPSA) is 73.3 Å². The first-order valence-corrected chi connectivity index (χ1v) is 9.43. The molecule has 1 aliphatic rings. The van der Waals surface area contributed by atoms with Crippen molar-refractivity contribution in [3.8, 4) is 5.75 Å². The van der Waals surface area contributed by atoms with Crippen molar-refractivity contribution in [1.82, 2.24) is 15.3 Å². The van der Waals surface area contributed by atoms with Crippen LogP contribution in [0.15, 0.2) is 42.6 Å². The Hall–Kier alpha value is -2.86. The molecule has 0 unspecified atom stereocenters. The number of aromatic nitrogens is 2. The van der Waals surface area contributed by atoms with Gasteiger partial charge in [-0.3, -0.25) is 0 Å². The molecule has 27 heavy (non-hydrogen) atoms. The zero-order chi connectivity index (χ0) is 18.8. The second-order valence-corrected chi connectivity index (χ2v) is 7.19. The highest BCUT2D eigenvalue weighted by Gasteiger charge is 2.14. The van der Waals surface area contributed by atoms with Crippen LogP contribution in [-0.2, 0) is 0 Å². The lowest BCUT2D eigenvalue weighted by Gasteiger charge is -2.29. The van der Waals surface area contributed by atoms with Crippen LogP contribution < -0.4 is 15.5 Å². The van der Waals surface area contributed by atoms with Crippen LogP contribution in [0.2, 0.25) is 0 Å². The first kappa shape index (κ1) is 17.5. The zero-order valence-corrected chi connectivity index (χ0v) is 15.7. The summed E-state index contributed by atoms with van der Waals surface area (Å²) in [6.07, 6.45) is 1.80. The van der Waals surface area contributed by atoms with Gasteiger partial charge in [-0.15, -0.1) is 0 Å². The Morgan fingerprint density at radius 2 is 1.81 bits per heavy atom. The van der Waals surface area contributed by atoms with Gasteiger partial charge in [0.15, 0.2) is 0 Å². The summed E-state index contributed by atoms with van der Waals surface area (Å²) in [5.74, 6) is 0.988. The Balaban J connectivity index is 1.58. The summed E-state index contributed by atoms with van der Waals surface area (Å²) in [6, 6.07) is 11.9. The van der Waals surface area contributed by atoms with E-state index in [1.807, 2.05) is 6.07 Å². The van der Waals surface area contributed by atoms with Crippen molar-refractivity contribution in [1.29, 1.82) is 0 Å². The normalized spacial score (nSPS) is 14.7. The van der Waals surface area contributed by atoms with E-state index < -0.39 is 0 Å². The third-order valence-corrected chi connectivity index (χ3v) is 4.95. The van der Waals surface area contributed by atoms with Crippen molar-refractivity contribution >= 4 is 28.2 Å². The molecule has 0 amide bonds. The zero-order valence-electron chi connectivity index (χ0n) is 15.7. The quantitative estimate of drug-likeness (QED) is 0.658. The predicted molar refractivity (Wildman–Crippen MR) is 110 cm³/mol. The van der Waals surface area contributed by atoms with E-state index in [-0.39, 0.29) is 11.7 Å². The summed E-state index contributed by atoms with van der Waals surface area (Å²) in [6.45, 7) is 8.22. The van der Waals surface area contributed by atoms with Gasteiger partial charge >= 0.3 is 0 Å². The second-order valence-electron chi connectivity index (χ2n) is 7.19. The molecule has 2 heterocycles. The van der Waals surface area contributed by atoms with E-state index in [2.05, 4.69) is 63.6 Å². The average molecular weight is 363 g/mol. The van der Waals surface area contributed by atoms with Gasteiger partial charge in [-0.05, 0) is 42.3 Å². The molecule has 1 aromatic heterocycles.